The van der Waals surface area contributed by atoms with Gasteiger partial charge in [0.25, 0.3) is 0 Å². The van der Waals surface area contributed by atoms with Crippen LogP contribution in [0, 0.1) is 0 Å². The van der Waals surface area contributed by atoms with Gasteiger partial charge in [-0.25, -0.2) is 0 Å². The van der Waals surface area contributed by atoms with Crippen molar-refractivity contribution >= 4 is 16.5 Å². The molecule has 84 valence electrons. The fraction of sp³-hybridized carbons (Fsp3) is 0.286. The van der Waals surface area contributed by atoms with Crippen LogP contribution in [0.15, 0.2) is 42.5 Å². The van der Waals surface area contributed by atoms with Gasteiger partial charge in [-0.05, 0) is 29.8 Å². The highest BCUT2D eigenvalue weighted by molar-refractivity contribution is 5.85. The smallest absolute Gasteiger partial charge is 0.0606 e. The molecule has 2 aromatic carbocycles. The largest absolute Gasteiger partial charge is 0.395 e. The van der Waals surface area contributed by atoms with Gasteiger partial charge in [-0.15, -0.1) is 0 Å². The summed E-state index contributed by atoms with van der Waals surface area (Å²) >= 11 is 0. The lowest BCUT2D eigenvalue weighted by Gasteiger charge is -2.22. The monoisotopic (exact) mass is 215 g/mol. The van der Waals surface area contributed by atoms with Gasteiger partial charge in [-0.2, -0.15) is 0 Å². The molecule has 0 aliphatic heterocycles. The van der Waals surface area contributed by atoms with E-state index >= 15 is 0 Å². The van der Waals surface area contributed by atoms with Crippen LogP contribution >= 0.6 is 0 Å². The number of fused-ring (bicyclic) bond motifs is 1. The number of benzene rings is 2. The maximum absolute atomic E-state index is 9.00. The van der Waals surface area contributed by atoms with Crippen LogP contribution in [-0.4, -0.2) is 24.8 Å². The minimum Gasteiger partial charge on any atom is -0.395 e. The van der Waals surface area contributed by atoms with E-state index in [2.05, 4.69) is 48.2 Å². The fourth-order valence-corrected chi connectivity index (χ4v) is 1.96. The summed E-state index contributed by atoms with van der Waals surface area (Å²) in [5.74, 6) is 0. The van der Waals surface area contributed by atoms with Gasteiger partial charge in [-0.1, -0.05) is 30.3 Å². The molecule has 1 N–H and O–H groups in total. The maximum Gasteiger partial charge on any atom is 0.0606 e. The van der Waals surface area contributed by atoms with Crippen molar-refractivity contribution in [2.24, 2.45) is 0 Å². The third-order valence-electron chi connectivity index (χ3n) is 2.85. The average molecular weight is 215 g/mol. The highest BCUT2D eigenvalue weighted by Crippen LogP contribution is 2.21. The van der Waals surface area contributed by atoms with E-state index in [0.717, 1.165) is 6.54 Å². The van der Waals surface area contributed by atoms with Crippen molar-refractivity contribution in [2.75, 3.05) is 24.6 Å². The normalized spacial score (nSPS) is 10.6. The van der Waals surface area contributed by atoms with Crippen LogP contribution in [0.1, 0.15) is 6.92 Å². The Bertz CT molecular complexity index is 467. The first-order chi connectivity index (χ1) is 7.85. The van der Waals surface area contributed by atoms with E-state index in [1.54, 1.807) is 0 Å². The summed E-state index contributed by atoms with van der Waals surface area (Å²) in [6.45, 7) is 3.90. The number of aliphatic hydroxyl groups is 1. The summed E-state index contributed by atoms with van der Waals surface area (Å²) < 4.78 is 0. The van der Waals surface area contributed by atoms with E-state index in [4.69, 9.17) is 5.11 Å². The summed E-state index contributed by atoms with van der Waals surface area (Å²) in [6.07, 6.45) is 0. The minimum atomic E-state index is 0.195. The van der Waals surface area contributed by atoms with E-state index in [9.17, 15) is 0 Å². The molecule has 0 aliphatic carbocycles. The first kappa shape index (κ1) is 11.0. The Balaban J connectivity index is 2.37. The molecule has 0 saturated heterocycles. The summed E-state index contributed by atoms with van der Waals surface area (Å²) in [6, 6.07) is 14.7. The van der Waals surface area contributed by atoms with Crippen LogP contribution in [0.5, 0.6) is 0 Å². The molecule has 0 radical (unpaired) electrons. The first-order valence-corrected chi connectivity index (χ1v) is 5.69. The third-order valence-corrected chi connectivity index (χ3v) is 2.85. The molecule has 0 amide bonds. The molecule has 2 aromatic rings. The molecule has 0 heterocycles. The molecular weight excluding hydrogens is 198 g/mol. The van der Waals surface area contributed by atoms with Crippen molar-refractivity contribution in [3.05, 3.63) is 42.5 Å². The summed E-state index contributed by atoms with van der Waals surface area (Å²) in [4.78, 5) is 2.17. The predicted molar refractivity (Wildman–Crippen MR) is 68.9 cm³/mol. The zero-order chi connectivity index (χ0) is 11.4. The summed E-state index contributed by atoms with van der Waals surface area (Å²) in [5.41, 5.74) is 1.18. The minimum absolute atomic E-state index is 0.195. The van der Waals surface area contributed by atoms with Crippen molar-refractivity contribution in [3.8, 4) is 0 Å². The molecule has 0 aliphatic rings. The van der Waals surface area contributed by atoms with Gasteiger partial charge < -0.3 is 10.0 Å². The summed E-state index contributed by atoms with van der Waals surface area (Å²) in [5, 5.41) is 11.5. The van der Waals surface area contributed by atoms with Crippen molar-refractivity contribution in [1.29, 1.82) is 0 Å². The van der Waals surface area contributed by atoms with Crippen LogP contribution in [-0.2, 0) is 0 Å². The maximum atomic E-state index is 9.00. The second-order valence-corrected chi connectivity index (χ2v) is 3.83. The third kappa shape index (κ3) is 2.17. The predicted octanol–water partition coefficient (Wildman–Crippen LogP) is 2.66. The van der Waals surface area contributed by atoms with Crippen LogP contribution in [0.25, 0.3) is 10.8 Å². The number of likely N-dealkylation sites (N-methyl/N-ethyl adjacent to an activating group) is 1. The SMILES string of the molecule is CCN(CCO)c1ccc2ccccc2c1. The standard InChI is InChI=1S/C14H17NO/c1-2-15(9-10-16)14-8-7-12-5-3-4-6-13(12)11-14/h3-8,11,16H,2,9-10H2,1H3. The number of hydrogen-bond donors (Lipinski definition) is 1. The molecule has 0 unspecified atom stereocenters. The molecule has 0 saturated carbocycles. The Kier molecular flexibility index (Phi) is 3.42. The molecule has 2 rings (SSSR count). The quantitative estimate of drug-likeness (QED) is 0.847. The van der Waals surface area contributed by atoms with Crippen LogP contribution < -0.4 is 4.90 Å². The highest BCUT2D eigenvalue weighted by atomic mass is 16.3. The van der Waals surface area contributed by atoms with Gasteiger partial charge >= 0.3 is 0 Å². The van der Waals surface area contributed by atoms with Gasteiger partial charge in [0.05, 0.1) is 6.61 Å². The number of anilines is 1. The van der Waals surface area contributed by atoms with E-state index in [0.29, 0.717) is 6.54 Å². The van der Waals surface area contributed by atoms with Gasteiger partial charge in [0.1, 0.15) is 0 Å². The number of aliphatic hydroxyl groups excluding tert-OH is 1. The lowest BCUT2D eigenvalue weighted by atomic mass is 10.1. The van der Waals surface area contributed by atoms with Crippen LogP contribution in [0.2, 0.25) is 0 Å². The average Bonchev–Trinajstić information content (AvgIpc) is 2.35. The van der Waals surface area contributed by atoms with Gasteiger partial charge in [0.2, 0.25) is 0 Å². The van der Waals surface area contributed by atoms with Crippen LogP contribution in [0.4, 0.5) is 5.69 Å². The molecule has 0 atom stereocenters. The first-order valence-electron chi connectivity index (χ1n) is 5.69. The molecule has 16 heavy (non-hydrogen) atoms. The Labute approximate surface area is 96.1 Å². The zero-order valence-electron chi connectivity index (χ0n) is 9.56. The summed E-state index contributed by atoms with van der Waals surface area (Å²) in [7, 11) is 0. The molecule has 0 spiro atoms. The van der Waals surface area contributed by atoms with Gasteiger partial charge in [0, 0.05) is 18.8 Å². The van der Waals surface area contributed by atoms with E-state index in [-0.39, 0.29) is 6.61 Å². The van der Waals surface area contributed by atoms with E-state index in [1.807, 2.05) is 6.07 Å². The molecule has 0 aromatic heterocycles. The molecule has 2 nitrogen and oxygen atoms in total. The molecular formula is C14H17NO. The lowest BCUT2D eigenvalue weighted by molar-refractivity contribution is 0.302. The Morgan fingerprint density at radius 3 is 2.50 bits per heavy atom. The number of nitrogens with zero attached hydrogens (tertiary/aromatic N) is 1. The molecule has 0 fully saturated rings. The molecule has 0 bridgehead atoms. The van der Waals surface area contributed by atoms with Gasteiger partial charge in [0.15, 0.2) is 0 Å². The zero-order valence-corrected chi connectivity index (χ0v) is 9.56. The van der Waals surface area contributed by atoms with Crippen LogP contribution in [0.3, 0.4) is 0 Å². The van der Waals surface area contributed by atoms with Crippen molar-refractivity contribution in [1.82, 2.24) is 0 Å². The number of hydrogen-bond acceptors (Lipinski definition) is 2. The van der Waals surface area contributed by atoms with Gasteiger partial charge in [-0.3, -0.25) is 0 Å². The van der Waals surface area contributed by atoms with E-state index < -0.39 is 0 Å². The number of rotatable bonds is 4. The van der Waals surface area contributed by atoms with Crippen molar-refractivity contribution < 1.29 is 5.11 Å². The Morgan fingerprint density at radius 1 is 1.06 bits per heavy atom. The lowest BCUT2D eigenvalue weighted by Crippen LogP contribution is -2.25. The second-order valence-electron chi connectivity index (χ2n) is 3.83. The molecule has 2 heteroatoms. The topological polar surface area (TPSA) is 23.5 Å². The highest BCUT2D eigenvalue weighted by Gasteiger charge is 2.03. The van der Waals surface area contributed by atoms with Crippen molar-refractivity contribution in [2.45, 2.75) is 6.92 Å². The van der Waals surface area contributed by atoms with Crippen molar-refractivity contribution in [3.63, 3.8) is 0 Å². The Morgan fingerprint density at radius 2 is 1.81 bits per heavy atom. The Hall–Kier alpha value is -1.54. The second kappa shape index (κ2) is 4.99. The fourth-order valence-electron chi connectivity index (χ4n) is 1.96. The van der Waals surface area contributed by atoms with E-state index in [1.165, 1.54) is 16.5 Å².